The molecule has 0 spiro atoms. The summed E-state index contributed by atoms with van der Waals surface area (Å²) < 4.78 is 0. The Hall–Kier alpha value is -7.02. The van der Waals surface area contributed by atoms with Crippen LogP contribution in [0.15, 0.2) is 0 Å². The zero-order valence-electron chi connectivity index (χ0n) is 50.8. The van der Waals surface area contributed by atoms with Crippen LogP contribution in [-0.2, 0) is 62.3 Å². The van der Waals surface area contributed by atoms with Crippen molar-refractivity contribution in [3.8, 4) is 0 Å². The van der Waals surface area contributed by atoms with Crippen LogP contribution >= 0.6 is 11.8 Å². The molecule has 0 saturated carbocycles. The first-order chi connectivity index (χ1) is 41.8. The molecule has 25 N–H and O–H groups in total. The Bertz CT molecular complexity index is 2090. The molecule has 0 bridgehead atoms. The van der Waals surface area contributed by atoms with Gasteiger partial charge in [-0.2, -0.15) is 11.8 Å². The van der Waals surface area contributed by atoms with E-state index in [9.17, 15) is 103 Å². The average Bonchev–Trinajstić information content (AvgIpc) is 3.56. The second-order valence-electron chi connectivity index (χ2n) is 19.5. The molecule has 0 aromatic rings. The number of carboxylic acid groups (broad SMARTS) is 5. The summed E-state index contributed by atoms with van der Waals surface area (Å²) in [7, 11) is 4.36. The second kappa shape index (κ2) is 48.8. The summed E-state index contributed by atoms with van der Waals surface area (Å²) in [6, 6.07) is -1.08. The largest absolute Gasteiger partial charge is 0.480 e. The molecule has 0 aromatic heterocycles. The number of nitrogens with one attached hydrogen (secondary N) is 8. The number of carbonyl (C=O) groups excluding carboxylic acids is 8. The summed E-state index contributed by atoms with van der Waals surface area (Å²) in [4.78, 5) is 146. The predicted octanol–water partition coefficient (Wildman–Crippen LogP) is -10.1. The third-order valence-corrected chi connectivity index (χ3v) is 13.5. The number of carboxylic acids is 5. The quantitative estimate of drug-likeness (QED) is 0.0271. The molecule has 522 valence electrons. The third-order valence-electron chi connectivity index (χ3n) is 12.8. The maximum atomic E-state index is 12.2. The lowest BCUT2D eigenvalue weighted by Gasteiger charge is -2.21. The van der Waals surface area contributed by atoms with E-state index in [1.807, 2.05) is 0 Å². The zero-order valence-corrected chi connectivity index (χ0v) is 51.6. The predicted molar refractivity (Wildman–Crippen MR) is 308 cm³/mol. The van der Waals surface area contributed by atoms with Crippen LogP contribution in [0.1, 0.15) is 79.1 Å². The van der Waals surface area contributed by atoms with E-state index in [1.165, 1.54) is 32.9 Å². The smallest absolute Gasteiger partial charge is 0.335 e. The van der Waals surface area contributed by atoms with Crippen LogP contribution in [0.2, 0.25) is 0 Å². The van der Waals surface area contributed by atoms with Crippen molar-refractivity contribution in [1.29, 1.82) is 0 Å². The van der Waals surface area contributed by atoms with Gasteiger partial charge in [0.1, 0.15) is 54.9 Å². The summed E-state index contributed by atoms with van der Waals surface area (Å²) in [5.41, 5.74) is 0. The SMILES string of the molecule is CCC(CC(=O)NCC(O)C(O)C(O)C(=O)O)C(=O)NC.CCC(CC(=O)NCC(O)C(O)C(O)C(=O)O)C(=O)N[C@@H](CSC)C(=O)O.CC[C@@H](CC(=O)NC[C@H](O)[C@@H](O)[C@@H](O)C(=O)O)C(=O)NC.CC[C@@H](CC(=O)NC[C@H](O)[C@@H](O)[C@H](O)C(=O)O)C(=O)NC. The molecule has 8 amide bonds. The first-order valence-corrected chi connectivity index (χ1v) is 29.0. The molecule has 0 aliphatic heterocycles. The molecule has 0 rings (SSSR count). The van der Waals surface area contributed by atoms with Crippen LogP contribution in [-0.4, -0.2) is 303 Å². The molecule has 17 atom stereocenters. The van der Waals surface area contributed by atoms with Crippen LogP contribution in [0.3, 0.4) is 0 Å². The lowest BCUT2D eigenvalue weighted by molar-refractivity contribution is -0.158. The Labute approximate surface area is 520 Å². The average molecular weight is 1330 g/mol. The zero-order chi connectivity index (χ0) is 70.9. The van der Waals surface area contributed by atoms with Gasteiger partial charge in [-0.25, -0.2) is 24.0 Å². The number of hydrogen-bond acceptors (Lipinski definition) is 26. The van der Waals surface area contributed by atoms with Gasteiger partial charge in [0.2, 0.25) is 47.3 Å². The number of carbonyl (C=O) groups is 13. The fourth-order valence-electron chi connectivity index (χ4n) is 6.90. The minimum atomic E-state index is -2.21. The van der Waals surface area contributed by atoms with E-state index in [1.54, 1.807) is 34.0 Å². The highest BCUT2D eigenvalue weighted by Gasteiger charge is 2.35. The summed E-state index contributed by atoms with van der Waals surface area (Å²) in [6.45, 7) is 5.03. The van der Waals surface area contributed by atoms with Gasteiger partial charge < -0.3 is 129 Å². The van der Waals surface area contributed by atoms with E-state index < -0.39 is 189 Å². The van der Waals surface area contributed by atoms with Crippen molar-refractivity contribution in [3.63, 3.8) is 0 Å². The molecule has 0 heterocycles. The minimum Gasteiger partial charge on any atom is -0.480 e. The number of amides is 8. The monoisotopic (exact) mass is 1330 g/mol. The highest BCUT2D eigenvalue weighted by molar-refractivity contribution is 7.98. The van der Waals surface area contributed by atoms with Crippen molar-refractivity contribution in [3.05, 3.63) is 0 Å². The van der Waals surface area contributed by atoms with E-state index in [2.05, 4.69) is 42.5 Å². The Balaban J connectivity index is -0.000000551. The van der Waals surface area contributed by atoms with Crippen molar-refractivity contribution in [2.45, 2.75) is 158 Å². The number of aliphatic carboxylic acids is 5. The van der Waals surface area contributed by atoms with Gasteiger partial charge in [0, 0.05) is 102 Å². The van der Waals surface area contributed by atoms with Crippen LogP contribution < -0.4 is 42.5 Å². The Morgan fingerprint density at radius 3 is 0.689 bits per heavy atom. The van der Waals surface area contributed by atoms with Gasteiger partial charge in [0.15, 0.2) is 24.4 Å². The van der Waals surface area contributed by atoms with Gasteiger partial charge in [-0.3, -0.25) is 38.4 Å². The van der Waals surface area contributed by atoms with E-state index >= 15 is 0 Å². The van der Waals surface area contributed by atoms with Crippen LogP contribution in [0, 0.1) is 23.7 Å². The molecule has 0 saturated heterocycles. The van der Waals surface area contributed by atoms with Gasteiger partial charge >= 0.3 is 29.8 Å². The Kier molecular flexibility index (Phi) is 48.5. The van der Waals surface area contributed by atoms with Crippen LogP contribution in [0.5, 0.6) is 0 Å². The van der Waals surface area contributed by atoms with Gasteiger partial charge in [-0.15, -0.1) is 0 Å². The van der Waals surface area contributed by atoms with Crippen molar-refractivity contribution < 1.29 is 149 Å². The van der Waals surface area contributed by atoms with Gasteiger partial charge in [-0.1, -0.05) is 27.7 Å². The van der Waals surface area contributed by atoms with Crippen molar-refractivity contribution in [2.24, 2.45) is 23.7 Å². The standard InChI is InChI=1S/C15H26N2O9S.3C12H22N2O7/c1-3-7(13(22)17-8(6-27-2)14(23)24)4-10(19)16-5-9(18)11(20)12(21)15(25)26;3*1-3-6(11(19)13-2)4-8(16)14-5-7(15)9(17)10(18)12(20)21/h7-9,11-12,18,20-21H,3-6H2,1-2H3,(H,16,19)(H,17,22)(H,23,24)(H,25,26);3*6-7,9-10,15,17-18H,3-5H2,1-2H3,(H,13,19)(H,14,16)(H,20,21)/t7?,8-,9?,11?,12?;6-,7-,9+,10+;6-,7-,9+,10-;/m000./s1. The van der Waals surface area contributed by atoms with E-state index in [4.69, 9.17) is 46.0 Å². The number of thioether (sulfide) groups is 1. The first-order valence-electron chi connectivity index (χ1n) is 27.6. The van der Waals surface area contributed by atoms with Crippen molar-refractivity contribution >= 4 is 88.9 Å². The molecule has 38 nitrogen and oxygen atoms in total. The van der Waals surface area contributed by atoms with Crippen LogP contribution in [0.25, 0.3) is 0 Å². The van der Waals surface area contributed by atoms with E-state index in [0.29, 0.717) is 19.3 Å². The number of aliphatic hydroxyl groups is 12. The molecule has 8 unspecified atom stereocenters. The molecule has 90 heavy (non-hydrogen) atoms. The molecular weight excluding hydrogens is 1240 g/mol. The van der Waals surface area contributed by atoms with Crippen molar-refractivity contribution in [1.82, 2.24) is 42.5 Å². The number of aliphatic hydroxyl groups excluding tert-OH is 12. The molecule has 0 aliphatic carbocycles. The first kappa shape index (κ1) is 89.4. The normalized spacial score (nSPS) is 16.4. The Morgan fingerprint density at radius 1 is 0.333 bits per heavy atom. The molecule has 0 fully saturated rings. The minimum absolute atomic E-state index is 0.0968. The molecule has 0 aliphatic rings. The second-order valence-corrected chi connectivity index (χ2v) is 20.4. The van der Waals surface area contributed by atoms with E-state index in [-0.39, 0.29) is 55.6 Å². The van der Waals surface area contributed by atoms with Gasteiger partial charge in [-0.05, 0) is 31.9 Å². The summed E-state index contributed by atoms with van der Waals surface area (Å²) in [5.74, 6) is -13.8. The number of hydrogen-bond donors (Lipinski definition) is 25. The fourth-order valence-corrected chi connectivity index (χ4v) is 7.46. The van der Waals surface area contributed by atoms with Gasteiger partial charge in [0.25, 0.3) is 0 Å². The van der Waals surface area contributed by atoms with E-state index in [0.717, 1.165) is 0 Å². The van der Waals surface area contributed by atoms with Gasteiger partial charge in [0.05, 0.1) is 0 Å². The molecular formula is C51H92N8O30S. The number of rotatable bonds is 40. The summed E-state index contributed by atoms with van der Waals surface area (Å²) in [6.07, 6.45) is -20.4. The topological polar surface area (TPSA) is 662 Å². The third kappa shape index (κ3) is 37.2. The molecule has 0 radical (unpaired) electrons. The highest BCUT2D eigenvalue weighted by atomic mass is 32.2. The summed E-state index contributed by atoms with van der Waals surface area (Å²) >= 11 is 1.24. The van der Waals surface area contributed by atoms with Crippen molar-refractivity contribution in [2.75, 3.05) is 59.3 Å². The highest BCUT2D eigenvalue weighted by Crippen LogP contribution is 2.13. The van der Waals surface area contributed by atoms with Crippen LogP contribution in [0.4, 0.5) is 0 Å². The lowest BCUT2D eigenvalue weighted by Crippen LogP contribution is -2.48. The molecule has 39 heteroatoms. The Morgan fingerprint density at radius 2 is 0.533 bits per heavy atom. The summed E-state index contributed by atoms with van der Waals surface area (Å²) in [5, 5.41) is 173. The lowest BCUT2D eigenvalue weighted by atomic mass is 10.00. The maximum Gasteiger partial charge on any atom is 0.335 e. The maximum absolute atomic E-state index is 12.2. The fraction of sp³-hybridized carbons (Fsp3) is 0.745. The molecule has 0 aromatic carbocycles.